The molecule has 0 saturated carbocycles. The minimum atomic E-state index is -0.0933. The van der Waals surface area contributed by atoms with Crippen LogP contribution in [0.1, 0.15) is 48.5 Å². The van der Waals surface area contributed by atoms with Gasteiger partial charge in [0.05, 0.1) is 13.1 Å². The molecule has 1 aliphatic rings. The Morgan fingerprint density at radius 3 is 2.78 bits per heavy atom. The maximum atomic E-state index is 12.3. The first kappa shape index (κ1) is 15.6. The minimum absolute atomic E-state index is 0.0446. The zero-order valence-corrected chi connectivity index (χ0v) is 13.8. The van der Waals surface area contributed by atoms with Gasteiger partial charge in [0.15, 0.2) is 5.69 Å². The maximum Gasteiger partial charge on any atom is 0.276 e. The van der Waals surface area contributed by atoms with Gasteiger partial charge in [-0.1, -0.05) is 44.1 Å². The van der Waals surface area contributed by atoms with Gasteiger partial charge in [-0.05, 0) is 18.1 Å². The lowest BCUT2D eigenvalue weighted by atomic mass is 10.1. The Kier molecular flexibility index (Phi) is 4.37. The Bertz CT molecular complexity index is 687. The molecule has 0 aliphatic carbocycles. The molecular weight excluding hydrogens is 292 g/mol. The molecule has 0 bridgehead atoms. The fraction of sp³-hybridized carbons (Fsp3) is 0.444. The van der Waals surface area contributed by atoms with Crippen molar-refractivity contribution < 1.29 is 14.1 Å². The zero-order valence-electron chi connectivity index (χ0n) is 13.8. The molecule has 2 heterocycles. The fourth-order valence-corrected chi connectivity index (χ4v) is 2.59. The quantitative estimate of drug-likeness (QED) is 0.850. The Morgan fingerprint density at radius 2 is 2.13 bits per heavy atom. The van der Waals surface area contributed by atoms with E-state index in [9.17, 15) is 4.79 Å². The smallest absolute Gasteiger partial charge is 0.276 e. The lowest BCUT2D eigenvalue weighted by Gasteiger charge is -2.38. The number of hydrogen-bond acceptors (Lipinski definition) is 4. The van der Waals surface area contributed by atoms with Gasteiger partial charge in [-0.2, -0.15) is 0 Å². The first-order chi connectivity index (χ1) is 11.1. The summed E-state index contributed by atoms with van der Waals surface area (Å²) in [5.41, 5.74) is 1.57. The van der Waals surface area contributed by atoms with Crippen LogP contribution in [0.3, 0.4) is 0 Å². The van der Waals surface area contributed by atoms with Crippen molar-refractivity contribution in [2.24, 2.45) is 0 Å². The first-order valence-electron chi connectivity index (χ1n) is 8.09. The Hall–Kier alpha value is -2.30. The molecule has 1 saturated heterocycles. The van der Waals surface area contributed by atoms with Gasteiger partial charge in [0.25, 0.3) is 5.91 Å². The van der Waals surface area contributed by atoms with Crippen molar-refractivity contribution in [3.8, 4) is 5.75 Å². The molecule has 1 aromatic heterocycles. The monoisotopic (exact) mass is 314 g/mol. The lowest BCUT2D eigenvalue weighted by molar-refractivity contribution is 0.0167. The van der Waals surface area contributed by atoms with Crippen LogP contribution in [0.25, 0.3) is 0 Å². The van der Waals surface area contributed by atoms with Gasteiger partial charge in [0.1, 0.15) is 17.6 Å². The number of amides is 1. The first-order valence-corrected chi connectivity index (χ1v) is 8.09. The summed E-state index contributed by atoms with van der Waals surface area (Å²) in [6.45, 7) is 7.29. The second-order valence-corrected chi connectivity index (χ2v) is 6.18. The average molecular weight is 314 g/mol. The van der Waals surface area contributed by atoms with E-state index in [-0.39, 0.29) is 17.9 Å². The predicted octanol–water partition coefficient (Wildman–Crippen LogP) is 3.26. The fourth-order valence-electron chi connectivity index (χ4n) is 2.59. The van der Waals surface area contributed by atoms with Crippen LogP contribution in [0.4, 0.5) is 0 Å². The number of hydrogen-bond donors (Lipinski definition) is 0. The number of aryl methyl sites for hydroxylation is 1. The minimum Gasteiger partial charge on any atom is -0.486 e. The molecule has 0 N–H and O–H groups in total. The molecule has 122 valence electrons. The molecule has 0 spiro atoms. The summed E-state index contributed by atoms with van der Waals surface area (Å²) >= 11 is 0. The third-order valence-corrected chi connectivity index (χ3v) is 4.10. The summed E-state index contributed by atoms with van der Waals surface area (Å²) in [6, 6.07) is 9.77. The van der Waals surface area contributed by atoms with Gasteiger partial charge in [-0.15, -0.1) is 0 Å². The molecule has 1 aliphatic heterocycles. The molecule has 5 nitrogen and oxygen atoms in total. The largest absolute Gasteiger partial charge is 0.486 e. The highest BCUT2D eigenvalue weighted by molar-refractivity contribution is 5.92. The molecule has 1 amide bonds. The standard InChI is InChI=1S/C18H22N2O3/c1-4-13-7-5-6-8-16(13)22-14-10-20(11-14)18(21)15-9-17(12(2)3)23-19-15/h5-9,12,14H,4,10-11H2,1-3H3. The lowest BCUT2D eigenvalue weighted by Crippen LogP contribution is -2.56. The SMILES string of the molecule is CCc1ccccc1OC1CN(C(=O)c2cc(C(C)C)on2)C1. The highest BCUT2D eigenvalue weighted by Gasteiger charge is 2.34. The highest BCUT2D eigenvalue weighted by Crippen LogP contribution is 2.24. The number of nitrogens with zero attached hydrogens (tertiary/aromatic N) is 2. The van der Waals surface area contributed by atoms with Gasteiger partial charge in [-0.25, -0.2) is 0 Å². The van der Waals surface area contributed by atoms with Crippen LogP contribution in [0, 0.1) is 0 Å². The number of para-hydroxylation sites is 1. The maximum absolute atomic E-state index is 12.3. The highest BCUT2D eigenvalue weighted by atomic mass is 16.5. The van der Waals surface area contributed by atoms with Crippen LogP contribution in [-0.2, 0) is 6.42 Å². The summed E-state index contributed by atoms with van der Waals surface area (Å²) in [5, 5.41) is 3.87. The molecular formula is C18H22N2O3. The van der Waals surface area contributed by atoms with E-state index in [1.165, 1.54) is 5.56 Å². The number of carbonyl (C=O) groups is 1. The number of benzene rings is 1. The van der Waals surface area contributed by atoms with Gasteiger partial charge in [0.2, 0.25) is 0 Å². The molecule has 1 fully saturated rings. The van der Waals surface area contributed by atoms with Crippen molar-refractivity contribution in [2.45, 2.75) is 39.2 Å². The summed E-state index contributed by atoms with van der Waals surface area (Å²) in [6.07, 6.45) is 0.978. The Balaban J connectivity index is 1.57. The third kappa shape index (κ3) is 3.23. The van der Waals surface area contributed by atoms with Crippen LogP contribution in [0.15, 0.2) is 34.9 Å². The molecule has 5 heteroatoms. The van der Waals surface area contributed by atoms with E-state index < -0.39 is 0 Å². The molecule has 0 atom stereocenters. The van der Waals surface area contributed by atoms with E-state index in [1.807, 2.05) is 32.0 Å². The van der Waals surface area contributed by atoms with Crippen molar-refractivity contribution in [3.63, 3.8) is 0 Å². The number of ether oxygens (including phenoxy) is 1. The summed E-state index contributed by atoms with van der Waals surface area (Å²) in [7, 11) is 0. The number of carbonyl (C=O) groups excluding carboxylic acids is 1. The molecule has 2 aromatic rings. The van der Waals surface area contributed by atoms with E-state index >= 15 is 0 Å². The van der Waals surface area contributed by atoms with Crippen LogP contribution in [0.2, 0.25) is 0 Å². The van der Waals surface area contributed by atoms with Crippen molar-refractivity contribution in [1.29, 1.82) is 0 Å². The zero-order chi connectivity index (χ0) is 16.4. The second-order valence-electron chi connectivity index (χ2n) is 6.18. The van der Waals surface area contributed by atoms with Crippen LogP contribution >= 0.6 is 0 Å². The van der Waals surface area contributed by atoms with Gasteiger partial charge < -0.3 is 14.2 Å². The molecule has 0 unspecified atom stereocenters. The number of aromatic nitrogens is 1. The van der Waals surface area contributed by atoms with E-state index in [0.717, 1.165) is 17.9 Å². The Morgan fingerprint density at radius 1 is 1.39 bits per heavy atom. The van der Waals surface area contributed by atoms with Crippen molar-refractivity contribution in [1.82, 2.24) is 10.1 Å². The van der Waals surface area contributed by atoms with E-state index in [1.54, 1.807) is 11.0 Å². The van der Waals surface area contributed by atoms with Gasteiger partial charge in [0, 0.05) is 12.0 Å². The third-order valence-electron chi connectivity index (χ3n) is 4.10. The summed E-state index contributed by atoms with van der Waals surface area (Å²) in [4.78, 5) is 14.1. The average Bonchev–Trinajstić information content (AvgIpc) is 3.00. The summed E-state index contributed by atoms with van der Waals surface area (Å²) < 4.78 is 11.2. The van der Waals surface area contributed by atoms with E-state index in [4.69, 9.17) is 9.26 Å². The normalized spacial score (nSPS) is 14.9. The Labute approximate surface area is 136 Å². The van der Waals surface area contributed by atoms with Crippen LogP contribution in [-0.4, -0.2) is 35.2 Å². The second kappa shape index (κ2) is 6.44. The van der Waals surface area contributed by atoms with Crippen molar-refractivity contribution >= 4 is 5.91 Å². The molecule has 23 heavy (non-hydrogen) atoms. The van der Waals surface area contributed by atoms with Crippen molar-refractivity contribution in [3.05, 3.63) is 47.3 Å². The number of likely N-dealkylation sites (tertiary alicyclic amines) is 1. The number of rotatable bonds is 5. The van der Waals surface area contributed by atoms with Crippen LogP contribution < -0.4 is 4.74 Å². The molecule has 1 aromatic carbocycles. The van der Waals surface area contributed by atoms with Gasteiger partial charge >= 0.3 is 0 Å². The van der Waals surface area contributed by atoms with Crippen LogP contribution in [0.5, 0.6) is 5.75 Å². The van der Waals surface area contributed by atoms with E-state index in [2.05, 4.69) is 18.1 Å². The van der Waals surface area contributed by atoms with Gasteiger partial charge in [-0.3, -0.25) is 4.79 Å². The predicted molar refractivity (Wildman–Crippen MR) is 86.7 cm³/mol. The topological polar surface area (TPSA) is 55.6 Å². The molecule has 0 radical (unpaired) electrons. The van der Waals surface area contributed by atoms with Crippen molar-refractivity contribution in [2.75, 3.05) is 13.1 Å². The summed E-state index contributed by atoms with van der Waals surface area (Å²) in [5.74, 6) is 1.78. The van der Waals surface area contributed by atoms with E-state index in [0.29, 0.717) is 18.8 Å². The molecule has 3 rings (SSSR count).